The Kier molecular flexibility index (Phi) is 5.33. The summed E-state index contributed by atoms with van der Waals surface area (Å²) in [5.41, 5.74) is 2.24. The number of aryl methyl sites for hydroxylation is 1. The van der Waals surface area contributed by atoms with E-state index >= 15 is 0 Å². The normalized spacial score (nSPS) is 14.4. The maximum Gasteiger partial charge on any atom is 0.115 e. The molecule has 2 unspecified atom stereocenters. The zero-order valence-corrected chi connectivity index (χ0v) is 11.5. The van der Waals surface area contributed by atoms with Gasteiger partial charge in [-0.25, -0.2) is 0 Å². The second-order valence-corrected chi connectivity index (χ2v) is 5.00. The third kappa shape index (κ3) is 4.29. The number of hydrogen-bond acceptors (Lipinski definition) is 2. The molecule has 0 aliphatic rings. The summed E-state index contributed by atoms with van der Waals surface area (Å²) in [5, 5.41) is 13.0. The highest BCUT2D eigenvalue weighted by molar-refractivity contribution is 5.53. The number of aromatic hydroxyl groups is 1. The molecule has 2 atom stereocenters. The minimum Gasteiger partial charge on any atom is -0.508 e. The van der Waals surface area contributed by atoms with Crippen LogP contribution in [0.25, 0.3) is 0 Å². The fraction of sp³-hybridized carbons (Fsp3) is 0.600. The maximum atomic E-state index is 9.38. The number of anilines is 1. The van der Waals surface area contributed by atoms with Gasteiger partial charge in [0.05, 0.1) is 0 Å². The topological polar surface area (TPSA) is 32.3 Å². The fourth-order valence-electron chi connectivity index (χ4n) is 2.01. The summed E-state index contributed by atoms with van der Waals surface area (Å²) in [6.45, 7) is 8.78. The second kappa shape index (κ2) is 6.53. The smallest absolute Gasteiger partial charge is 0.115 e. The zero-order chi connectivity index (χ0) is 12.8. The first-order valence-electron chi connectivity index (χ1n) is 6.62. The van der Waals surface area contributed by atoms with Crippen LogP contribution < -0.4 is 5.32 Å². The summed E-state index contributed by atoms with van der Waals surface area (Å²) < 4.78 is 0. The summed E-state index contributed by atoms with van der Waals surface area (Å²) in [6, 6.07) is 6.03. The number of phenolic OH excluding ortho intramolecular Hbond substituents is 1. The predicted octanol–water partition coefficient (Wildman–Crippen LogP) is 4.33. The standard InChI is InChI=1S/C15H25NO/c1-5-11(3)9-13(6-2)16-15-8-7-14(17)10-12(15)4/h7-8,10-11,13,16-17H,5-6,9H2,1-4H3. The van der Waals surface area contributed by atoms with Crippen molar-refractivity contribution < 1.29 is 5.11 Å². The van der Waals surface area contributed by atoms with E-state index in [9.17, 15) is 5.11 Å². The monoisotopic (exact) mass is 235 g/mol. The SMILES string of the molecule is CCC(C)CC(CC)Nc1ccc(O)cc1C. The second-order valence-electron chi connectivity index (χ2n) is 5.00. The molecule has 0 bridgehead atoms. The molecule has 17 heavy (non-hydrogen) atoms. The van der Waals surface area contributed by atoms with E-state index in [1.807, 2.05) is 13.0 Å². The van der Waals surface area contributed by atoms with Crippen LogP contribution in [0.4, 0.5) is 5.69 Å². The van der Waals surface area contributed by atoms with E-state index in [1.54, 1.807) is 12.1 Å². The van der Waals surface area contributed by atoms with Crippen molar-refractivity contribution in [3.8, 4) is 5.75 Å². The average Bonchev–Trinajstić information content (AvgIpc) is 2.31. The van der Waals surface area contributed by atoms with E-state index in [-0.39, 0.29) is 0 Å². The molecular formula is C15H25NO. The number of hydrogen-bond donors (Lipinski definition) is 2. The van der Waals surface area contributed by atoms with Crippen LogP contribution in [0.2, 0.25) is 0 Å². The lowest BCUT2D eigenvalue weighted by Crippen LogP contribution is -2.21. The molecule has 2 heteroatoms. The molecular weight excluding hydrogens is 210 g/mol. The van der Waals surface area contributed by atoms with E-state index in [0.29, 0.717) is 11.8 Å². The Hall–Kier alpha value is -1.18. The number of phenols is 1. The molecule has 0 amide bonds. The van der Waals surface area contributed by atoms with Gasteiger partial charge in [0.2, 0.25) is 0 Å². The molecule has 96 valence electrons. The van der Waals surface area contributed by atoms with Gasteiger partial charge in [-0.05, 0) is 49.4 Å². The van der Waals surface area contributed by atoms with Crippen molar-refractivity contribution in [2.45, 2.75) is 53.0 Å². The lowest BCUT2D eigenvalue weighted by Gasteiger charge is -2.22. The molecule has 0 saturated heterocycles. The molecule has 0 spiro atoms. The Morgan fingerprint density at radius 2 is 1.94 bits per heavy atom. The minimum absolute atomic E-state index is 0.336. The van der Waals surface area contributed by atoms with E-state index < -0.39 is 0 Å². The summed E-state index contributed by atoms with van der Waals surface area (Å²) in [6.07, 6.45) is 3.56. The van der Waals surface area contributed by atoms with Gasteiger partial charge in [0.15, 0.2) is 0 Å². The van der Waals surface area contributed by atoms with Crippen LogP contribution in [0.5, 0.6) is 5.75 Å². The molecule has 1 rings (SSSR count). The van der Waals surface area contributed by atoms with Gasteiger partial charge in [0.25, 0.3) is 0 Å². The number of nitrogens with one attached hydrogen (secondary N) is 1. The largest absolute Gasteiger partial charge is 0.508 e. The Balaban J connectivity index is 2.67. The summed E-state index contributed by atoms with van der Waals surface area (Å²) in [5.74, 6) is 1.09. The third-order valence-electron chi connectivity index (χ3n) is 3.45. The Morgan fingerprint density at radius 1 is 1.24 bits per heavy atom. The number of benzene rings is 1. The van der Waals surface area contributed by atoms with Gasteiger partial charge in [0.1, 0.15) is 5.75 Å². The van der Waals surface area contributed by atoms with Crippen LogP contribution in [0.3, 0.4) is 0 Å². The molecule has 0 aliphatic carbocycles. The zero-order valence-electron chi connectivity index (χ0n) is 11.5. The highest BCUT2D eigenvalue weighted by atomic mass is 16.3. The van der Waals surface area contributed by atoms with Crippen LogP contribution in [-0.4, -0.2) is 11.1 Å². The Morgan fingerprint density at radius 3 is 2.47 bits per heavy atom. The van der Waals surface area contributed by atoms with Crippen molar-refractivity contribution in [2.24, 2.45) is 5.92 Å². The first-order valence-corrected chi connectivity index (χ1v) is 6.62. The quantitative estimate of drug-likeness (QED) is 0.719. The van der Waals surface area contributed by atoms with Crippen molar-refractivity contribution in [1.82, 2.24) is 0 Å². The van der Waals surface area contributed by atoms with Crippen LogP contribution in [0.15, 0.2) is 18.2 Å². The molecule has 0 aliphatic heterocycles. The van der Waals surface area contributed by atoms with Gasteiger partial charge in [-0.15, -0.1) is 0 Å². The van der Waals surface area contributed by atoms with Crippen molar-refractivity contribution in [1.29, 1.82) is 0 Å². The van der Waals surface area contributed by atoms with E-state index in [4.69, 9.17) is 0 Å². The molecule has 2 N–H and O–H groups in total. The Bertz CT molecular complexity index is 349. The van der Waals surface area contributed by atoms with Gasteiger partial charge < -0.3 is 10.4 Å². The highest BCUT2D eigenvalue weighted by Crippen LogP contribution is 2.23. The highest BCUT2D eigenvalue weighted by Gasteiger charge is 2.11. The summed E-state index contributed by atoms with van der Waals surface area (Å²) >= 11 is 0. The van der Waals surface area contributed by atoms with Crippen LogP contribution in [0, 0.1) is 12.8 Å². The number of rotatable bonds is 6. The lowest BCUT2D eigenvalue weighted by atomic mass is 9.97. The predicted molar refractivity (Wildman–Crippen MR) is 74.6 cm³/mol. The van der Waals surface area contributed by atoms with Gasteiger partial charge in [-0.3, -0.25) is 0 Å². The summed E-state index contributed by atoms with van der Waals surface area (Å²) in [4.78, 5) is 0. The molecule has 1 aromatic rings. The maximum absolute atomic E-state index is 9.38. The molecule has 0 radical (unpaired) electrons. The van der Waals surface area contributed by atoms with Crippen molar-refractivity contribution >= 4 is 5.69 Å². The van der Waals surface area contributed by atoms with Crippen LogP contribution >= 0.6 is 0 Å². The first kappa shape index (κ1) is 13.9. The Labute approximate surface area is 105 Å². The average molecular weight is 235 g/mol. The van der Waals surface area contributed by atoms with E-state index in [0.717, 1.165) is 23.6 Å². The van der Waals surface area contributed by atoms with E-state index in [1.165, 1.54) is 12.8 Å². The molecule has 2 nitrogen and oxygen atoms in total. The molecule has 1 aromatic carbocycles. The molecule has 0 heterocycles. The third-order valence-corrected chi connectivity index (χ3v) is 3.45. The first-order chi connectivity index (χ1) is 8.06. The molecule has 0 fully saturated rings. The summed E-state index contributed by atoms with van der Waals surface area (Å²) in [7, 11) is 0. The van der Waals surface area contributed by atoms with Crippen LogP contribution in [-0.2, 0) is 0 Å². The van der Waals surface area contributed by atoms with Crippen molar-refractivity contribution in [3.63, 3.8) is 0 Å². The van der Waals surface area contributed by atoms with Gasteiger partial charge in [-0.2, -0.15) is 0 Å². The molecule has 0 saturated carbocycles. The van der Waals surface area contributed by atoms with Crippen molar-refractivity contribution in [3.05, 3.63) is 23.8 Å². The van der Waals surface area contributed by atoms with Gasteiger partial charge in [-0.1, -0.05) is 27.2 Å². The van der Waals surface area contributed by atoms with Gasteiger partial charge >= 0.3 is 0 Å². The molecule has 0 aromatic heterocycles. The van der Waals surface area contributed by atoms with Crippen LogP contribution in [0.1, 0.15) is 45.6 Å². The van der Waals surface area contributed by atoms with Crippen molar-refractivity contribution in [2.75, 3.05) is 5.32 Å². The lowest BCUT2D eigenvalue weighted by molar-refractivity contribution is 0.461. The van der Waals surface area contributed by atoms with E-state index in [2.05, 4.69) is 26.1 Å². The minimum atomic E-state index is 0.336. The fourth-order valence-corrected chi connectivity index (χ4v) is 2.01. The van der Waals surface area contributed by atoms with Gasteiger partial charge in [0, 0.05) is 11.7 Å².